The molecule has 10 nitrogen and oxygen atoms in total. The number of nitrogens with one attached hydrogen (secondary N) is 1. The van der Waals surface area contributed by atoms with Gasteiger partial charge in [0.2, 0.25) is 11.8 Å². The molecule has 3 aromatic heterocycles. The first-order chi connectivity index (χ1) is 18.9. The number of rotatable bonds is 10. The summed E-state index contributed by atoms with van der Waals surface area (Å²) in [6.45, 7) is 11.0. The molecule has 0 spiro atoms. The number of fused-ring (bicyclic) bond motifs is 1. The molecule has 0 bridgehead atoms. The van der Waals surface area contributed by atoms with Crippen molar-refractivity contribution >= 4 is 22.7 Å². The minimum absolute atomic E-state index is 0.112. The molecule has 0 radical (unpaired) electrons. The van der Waals surface area contributed by atoms with E-state index in [0.29, 0.717) is 41.2 Å². The Kier molecular flexibility index (Phi) is 7.92. The fourth-order valence-electron chi connectivity index (χ4n) is 4.50. The number of allylic oxidation sites excluding steroid dienone is 1. The first kappa shape index (κ1) is 26.4. The van der Waals surface area contributed by atoms with E-state index in [1.165, 1.54) is 0 Å². The standard InChI is InChI=1S/C29H35N7O3/c1-5-15-35-28(37)24-18-30-29(31-21-9-11-22(12-10-21)38-19-20(2)3)33-27(24)36(35)25-7-6-8-26(32-25)39-23-13-16-34(4)17-14-23/h5-12,18,20,23H,1,13-17,19H2,2-4H3,(H,30,31,33). The number of anilines is 2. The predicted molar refractivity (Wildman–Crippen MR) is 152 cm³/mol. The molecule has 1 fully saturated rings. The highest BCUT2D eigenvalue weighted by Gasteiger charge is 2.21. The van der Waals surface area contributed by atoms with Crippen LogP contribution in [-0.2, 0) is 6.54 Å². The van der Waals surface area contributed by atoms with Crippen LogP contribution in [0.5, 0.6) is 11.6 Å². The summed E-state index contributed by atoms with van der Waals surface area (Å²) in [5, 5.41) is 3.62. The number of hydrogen-bond donors (Lipinski definition) is 1. The lowest BCUT2D eigenvalue weighted by Crippen LogP contribution is -2.35. The van der Waals surface area contributed by atoms with E-state index in [2.05, 4.69) is 42.7 Å². The van der Waals surface area contributed by atoms with Crippen molar-refractivity contribution in [3.63, 3.8) is 0 Å². The van der Waals surface area contributed by atoms with Crippen molar-refractivity contribution in [2.45, 2.75) is 39.3 Å². The van der Waals surface area contributed by atoms with Crippen molar-refractivity contribution < 1.29 is 9.47 Å². The van der Waals surface area contributed by atoms with E-state index >= 15 is 0 Å². The maximum absolute atomic E-state index is 13.3. The van der Waals surface area contributed by atoms with Gasteiger partial charge >= 0.3 is 0 Å². The molecule has 5 rings (SSSR count). The van der Waals surface area contributed by atoms with E-state index < -0.39 is 0 Å². The molecule has 1 saturated heterocycles. The predicted octanol–water partition coefficient (Wildman–Crippen LogP) is 4.41. The molecule has 4 heterocycles. The first-order valence-electron chi connectivity index (χ1n) is 13.3. The Balaban J connectivity index is 1.45. The second-order valence-corrected chi connectivity index (χ2v) is 10.2. The molecular formula is C29H35N7O3. The first-order valence-corrected chi connectivity index (χ1v) is 13.3. The van der Waals surface area contributed by atoms with Crippen LogP contribution in [0.2, 0.25) is 0 Å². The average Bonchev–Trinajstić information content (AvgIpc) is 3.20. The SMILES string of the molecule is C=CCn1c(=O)c2cnc(Nc3ccc(OCC(C)C)cc3)nc2n1-c1cccc(OC2CCN(C)CC2)n1. The summed E-state index contributed by atoms with van der Waals surface area (Å²) in [5.74, 6) is 2.67. The largest absolute Gasteiger partial charge is 0.493 e. The van der Waals surface area contributed by atoms with Crippen molar-refractivity contribution in [2.75, 3.05) is 32.1 Å². The highest BCUT2D eigenvalue weighted by Crippen LogP contribution is 2.23. The number of aromatic nitrogens is 5. The topological polar surface area (TPSA) is 99.3 Å². The molecule has 0 aliphatic carbocycles. The minimum Gasteiger partial charge on any atom is -0.493 e. The van der Waals surface area contributed by atoms with Crippen LogP contribution in [0.4, 0.5) is 11.6 Å². The van der Waals surface area contributed by atoms with E-state index in [0.717, 1.165) is 37.4 Å². The molecular weight excluding hydrogens is 494 g/mol. The maximum atomic E-state index is 13.3. The van der Waals surface area contributed by atoms with Gasteiger partial charge in [-0.3, -0.25) is 4.79 Å². The van der Waals surface area contributed by atoms with Crippen molar-refractivity contribution in [2.24, 2.45) is 5.92 Å². The van der Waals surface area contributed by atoms with Gasteiger partial charge in [-0.2, -0.15) is 9.97 Å². The van der Waals surface area contributed by atoms with Gasteiger partial charge in [0, 0.05) is 31.0 Å². The molecule has 1 aliphatic rings. The average molecular weight is 530 g/mol. The van der Waals surface area contributed by atoms with Crippen LogP contribution < -0.4 is 20.3 Å². The maximum Gasteiger partial charge on any atom is 0.278 e. The number of piperidine rings is 1. The van der Waals surface area contributed by atoms with Gasteiger partial charge in [-0.05, 0) is 56.1 Å². The lowest BCUT2D eigenvalue weighted by Gasteiger charge is -2.29. The molecule has 1 aromatic carbocycles. The smallest absolute Gasteiger partial charge is 0.278 e. The van der Waals surface area contributed by atoms with Crippen LogP contribution in [0.15, 0.2) is 66.1 Å². The molecule has 1 aliphatic heterocycles. The van der Waals surface area contributed by atoms with Crippen LogP contribution in [0.25, 0.3) is 16.9 Å². The van der Waals surface area contributed by atoms with Gasteiger partial charge in [0.25, 0.3) is 5.56 Å². The number of nitrogens with zero attached hydrogens (tertiary/aromatic N) is 6. The fraction of sp³-hybridized carbons (Fsp3) is 0.379. The van der Waals surface area contributed by atoms with Crippen LogP contribution in [0, 0.1) is 5.92 Å². The summed E-state index contributed by atoms with van der Waals surface area (Å²) in [6.07, 6.45) is 5.22. The number of hydrogen-bond acceptors (Lipinski definition) is 8. The fourth-order valence-corrected chi connectivity index (χ4v) is 4.50. The third-order valence-electron chi connectivity index (χ3n) is 6.55. The number of ether oxygens (including phenoxy) is 2. The third-order valence-corrected chi connectivity index (χ3v) is 6.55. The Labute approximate surface area is 227 Å². The van der Waals surface area contributed by atoms with E-state index in [1.807, 2.05) is 42.5 Å². The molecule has 0 amide bonds. The van der Waals surface area contributed by atoms with Gasteiger partial charge in [0.05, 0.1) is 13.2 Å². The Morgan fingerprint density at radius 1 is 1.13 bits per heavy atom. The number of likely N-dealkylation sites (tertiary alicyclic amines) is 1. The summed E-state index contributed by atoms with van der Waals surface area (Å²) in [7, 11) is 2.12. The lowest BCUT2D eigenvalue weighted by molar-refractivity contribution is 0.110. The Morgan fingerprint density at radius 3 is 2.62 bits per heavy atom. The summed E-state index contributed by atoms with van der Waals surface area (Å²) in [6, 6.07) is 13.2. The Morgan fingerprint density at radius 2 is 1.90 bits per heavy atom. The molecule has 39 heavy (non-hydrogen) atoms. The normalized spacial score (nSPS) is 14.6. The monoisotopic (exact) mass is 529 g/mol. The van der Waals surface area contributed by atoms with Gasteiger partial charge < -0.3 is 19.7 Å². The van der Waals surface area contributed by atoms with Crippen LogP contribution >= 0.6 is 0 Å². The molecule has 0 atom stereocenters. The lowest BCUT2D eigenvalue weighted by atomic mass is 10.1. The molecule has 204 valence electrons. The summed E-state index contributed by atoms with van der Waals surface area (Å²) < 4.78 is 15.2. The zero-order valence-electron chi connectivity index (χ0n) is 22.7. The van der Waals surface area contributed by atoms with Crippen molar-refractivity contribution in [1.29, 1.82) is 0 Å². The van der Waals surface area contributed by atoms with Crippen LogP contribution in [0.1, 0.15) is 26.7 Å². The van der Waals surface area contributed by atoms with E-state index in [-0.39, 0.29) is 18.2 Å². The molecule has 1 N–H and O–H groups in total. The van der Waals surface area contributed by atoms with Crippen LogP contribution in [0.3, 0.4) is 0 Å². The van der Waals surface area contributed by atoms with Gasteiger partial charge in [-0.1, -0.05) is 26.0 Å². The van der Waals surface area contributed by atoms with Crippen molar-refractivity contribution in [1.82, 2.24) is 29.2 Å². The highest BCUT2D eigenvalue weighted by atomic mass is 16.5. The Bertz CT molecular complexity index is 1490. The quantitative estimate of drug-likeness (QED) is 0.302. The molecule has 10 heteroatoms. The van der Waals surface area contributed by atoms with E-state index in [4.69, 9.17) is 19.4 Å². The van der Waals surface area contributed by atoms with Crippen molar-refractivity contribution in [3.8, 4) is 17.4 Å². The summed E-state index contributed by atoms with van der Waals surface area (Å²) in [5.41, 5.74) is 1.03. The molecule has 0 unspecified atom stereocenters. The zero-order valence-corrected chi connectivity index (χ0v) is 22.7. The van der Waals surface area contributed by atoms with E-state index in [1.54, 1.807) is 21.6 Å². The summed E-state index contributed by atoms with van der Waals surface area (Å²) >= 11 is 0. The van der Waals surface area contributed by atoms with Gasteiger partial charge in [-0.15, -0.1) is 6.58 Å². The van der Waals surface area contributed by atoms with Gasteiger partial charge in [0.1, 0.15) is 17.2 Å². The third kappa shape index (κ3) is 6.12. The highest BCUT2D eigenvalue weighted by molar-refractivity contribution is 5.77. The van der Waals surface area contributed by atoms with Gasteiger partial charge in [-0.25, -0.2) is 14.3 Å². The second kappa shape index (κ2) is 11.7. The van der Waals surface area contributed by atoms with Crippen molar-refractivity contribution in [3.05, 3.63) is 71.7 Å². The van der Waals surface area contributed by atoms with Gasteiger partial charge in [0.15, 0.2) is 11.5 Å². The van der Waals surface area contributed by atoms with E-state index in [9.17, 15) is 4.79 Å². The summed E-state index contributed by atoms with van der Waals surface area (Å²) in [4.78, 5) is 29.4. The minimum atomic E-state index is -0.216. The Hall–Kier alpha value is -4.18. The second-order valence-electron chi connectivity index (χ2n) is 10.2. The molecule has 0 saturated carbocycles. The number of pyridine rings is 1. The van der Waals surface area contributed by atoms with Crippen LogP contribution in [-0.4, -0.2) is 62.1 Å². The number of benzene rings is 1. The zero-order chi connectivity index (χ0) is 27.4. The molecule has 4 aromatic rings.